The Kier molecular flexibility index (Phi) is 5.20. The van der Waals surface area contributed by atoms with E-state index in [9.17, 15) is 9.59 Å². The van der Waals surface area contributed by atoms with E-state index in [1.807, 2.05) is 6.92 Å². The highest BCUT2D eigenvalue weighted by atomic mass is 16.2. The first-order valence-electron chi connectivity index (χ1n) is 5.79. The Morgan fingerprint density at radius 3 is 2.41 bits per heavy atom. The molecule has 0 saturated heterocycles. The fourth-order valence-corrected chi connectivity index (χ4v) is 1.44. The Bertz CT molecular complexity index is 402. The van der Waals surface area contributed by atoms with Crippen LogP contribution in [0.2, 0.25) is 0 Å². The number of carbonyl (C=O) groups excluding carboxylic acids is 2. The molecule has 0 aliphatic carbocycles. The molecule has 0 aromatic heterocycles. The van der Waals surface area contributed by atoms with Gasteiger partial charge < -0.3 is 10.6 Å². The largest absolute Gasteiger partial charge is 0.326 e. The van der Waals surface area contributed by atoms with Crippen molar-refractivity contribution in [2.24, 2.45) is 0 Å². The van der Waals surface area contributed by atoms with Crippen LogP contribution in [0.15, 0.2) is 24.3 Å². The van der Waals surface area contributed by atoms with Crippen molar-refractivity contribution in [2.45, 2.75) is 33.1 Å². The molecule has 0 aliphatic heterocycles. The first kappa shape index (κ1) is 13.2. The van der Waals surface area contributed by atoms with Crippen molar-refractivity contribution in [3.8, 4) is 0 Å². The highest BCUT2D eigenvalue weighted by molar-refractivity contribution is 5.93. The molecule has 0 radical (unpaired) electrons. The van der Waals surface area contributed by atoms with Gasteiger partial charge in [-0.15, -0.1) is 0 Å². The van der Waals surface area contributed by atoms with Crippen LogP contribution in [0.25, 0.3) is 0 Å². The van der Waals surface area contributed by atoms with Gasteiger partial charge >= 0.3 is 0 Å². The predicted molar refractivity (Wildman–Crippen MR) is 68.9 cm³/mol. The number of nitrogens with one attached hydrogen (secondary N) is 2. The van der Waals surface area contributed by atoms with Gasteiger partial charge in [-0.3, -0.25) is 9.59 Å². The molecule has 1 aromatic rings. The normalized spacial score (nSPS) is 9.76. The number of anilines is 2. The quantitative estimate of drug-likeness (QED) is 0.823. The molecule has 0 spiro atoms. The first-order chi connectivity index (χ1) is 8.11. The average Bonchev–Trinajstić information content (AvgIpc) is 2.26. The first-order valence-corrected chi connectivity index (χ1v) is 5.79. The van der Waals surface area contributed by atoms with Gasteiger partial charge in [0.25, 0.3) is 0 Å². The SMILES string of the molecule is CCCCC(=O)Nc1cccc(NC(C)=O)c1. The van der Waals surface area contributed by atoms with Gasteiger partial charge in [-0.05, 0) is 24.6 Å². The van der Waals surface area contributed by atoms with Crippen molar-refractivity contribution in [3.05, 3.63) is 24.3 Å². The topological polar surface area (TPSA) is 58.2 Å². The summed E-state index contributed by atoms with van der Waals surface area (Å²) in [6.07, 6.45) is 2.41. The van der Waals surface area contributed by atoms with E-state index in [-0.39, 0.29) is 11.8 Å². The lowest BCUT2D eigenvalue weighted by molar-refractivity contribution is -0.116. The van der Waals surface area contributed by atoms with E-state index in [4.69, 9.17) is 0 Å². The molecule has 1 aromatic carbocycles. The van der Waals surface area contributed by atoms with Crippen LogP contribution in [0.1, 0.15) is 33.1 Å². The second kappa shape index (κ2) is 6.68. The summed E-state index contributed by atoms with van der Waals surface area (Å²) < 4.78 is 0. The maximum absolute atomic E-state index is 11.5. The van der Waals surface area contributed by atoms with Gasteiger partial charge in [0, 0.05) is 24.7 Å². The smallest absolute Gasteiger partial charge is 0.224 e. The van der Waals surface area contributed by atoms with E-state index in [1.165, 1.54) is 6.92 Å². The van der Waals surface area contributed by atoms with Gasteiger partial charge in [0.05, 0.1) is 0 Å². The van der Waals surface area contributed by atoms with E-state index >= 15 is 0 Å². The summed E-state index contributed by atoms with van der Waals surface area (Å²) in [5.41, 5.74) is 1.39. The molecule has 1 rings (SSSR count). The van der Waals surface area contributed by atoms with Crippen molar-refractivity contribution >= 4 is 23.2 Å². The number of unbranched alkanes of at least 4 members (excludes halogenated alkanes) is 1. The third-order valence-corrected chi connectivity index (χ3v) is 2.22. The standard InChI is InChI=1S/C13H18N2O2/c1-3-4-8-13(17)15-12-7-5-6-11(9-12)14-10(2)16/h5-7,9H,3-4,8H2,1-2H3,(H,14,16)(H,15,17). The van der Waals surface area contributed by atoms with Gasteiger partial charge in [-0.25, -0.2) is 0 Å². The minimum atomic E-state index is -0.126. The monoisotopic (exact) mass is 234 g/mol. The highest BCUT2D eigenvalue weighted by Crippen LogP contribution is 2.15. The van der Waals surface area contributed by atoms with E-state index in [0.717, 1.165) is 12.8 Å². The molecule has 0 heterocycles. The van der Waals surface area contributed by atoms with E-state index in [1.54, 1.807) is 24.3 Å². The van der Waals surface area contributed by atoms with Gasteiger partial charge in [-0.1, -0.05) is 19.4 Å². The predicted octanol–water partition coefficient (Wildman–Crippen LogP) is 2.77. The molecule has 2 amide bonds. The second-order valence-corrected chi connectivity index (χ2v) is 3.91. The number of hydrogen-bond acceptors (Lipinski definition) is 2. The minimum Gasteiger partial charge on any atom is -0.326 e. The summed E-state index contributed by atoms with van der Waals surface area (Å²) in [5, 5.41) is 5.47. The van der Waals surface area contributed by atoms with E-state index in [0.29, 0.717) is 17.8 Å². The third kappa shape index (κ3) is 5.15. The van der Waals surface area contributed by atoms with Crippen LogP contribution in [-0.4, -0.2) is 11.8 Å². The van der Waals surface area contributed by atoms with E-state index < -0.39 is 0 Å². The van der Waals surface area contributed by atoms with Crippen molar-refractivity contribution in [2.75, 3.05) is 10.6 Å². The lowest BCUT2D eigenvalue weighted by Crippen LogP contribution is -2.11. The Morgan fingerprint density at radius 1 is 1.18 bits per heavy atom. The maximum Gasteiger partial charge on any atom is 0.224 e. The van der Waals surface area contributed by atoms with Crippen molar-refractivity contribution in [1.82, 2.24) is 0 Å². The molecule has 0 saturated carbocycles. The van der Waals surface area contributed by atoms with Crippen molar-refractivity contribution < 1.29 is 9.59 Å². The zero-order valence-corrected chi connectivity index (χ0v) is 10.2. The lowest BCUT2D eigenvalue weighted by atomic mass is 10.2. The van der Waals surface area contributed by atoms with Crippen molar-refractivity contribution in [1.29, 1.82) is 0 Å². The average molecular weight is 234 g/mol. The Balaban J connectivity index is 2.59. The zero-order chi connectivity index (χ0) is 12.7. The van der Waals surface area contributed by atoms with Crippen LogP contribution in [0.5, 0.6) is 0 Å². The summed E-state index contributed by atoms with van der Waals surface area (Å²) >= 11 is 0. The van der Waals surface area contributed by atoms with Crippen LogP contribution < -0.4 is 10.6 Å². The highest BCUT2D eigenvalue weighted by Gasteiger charge is 2.02. The van der Waals surface area contributed by atoms with Crippen LogP contribution >= 0.6 is 0 Å². The Hall–Kier alpha value is -1.84. The number of rotatable bonds is 5. The number of benzene rings is 1. The van der Waals surface area contributed by atoms with Gasteiger partial charge in [-0.2, -0.15) is 0 Å². The van der Waals surface area contributed by atoms with Crippen LogP contribution in [0.3, 0.4) is 0 Å². The van der Waals surface area contributed by atoms with Gasteiger partial charge in [0.2, 0.25) is 11.8 Å². The van der Waals surface area contributed by atoms with Crippen LogP contribution in [0.4, 0.5) is 11.4 Å². The molecular weight excluding hydrogens is 216 g/mol. The molecule has 4 nitrogen and oxygen atoms in total. The molecule has 0 unspecified atom stereocenters. The zero-order valence-electron chi connectivity index (χ0n) is 10.2. The molecule has 0 atom stereocenters. The second-order valence-electron chi connectivity index (χ2n) is 3.91. The summed E-state index contributed by atoms with van der Waals surface area (Å²) in [7, 11) is 0. The van der Waals surface area contributed by atoms with Crippen LogP contribution in [-0.2, 0) is 9.59 Å². The summed E-state index contributed by atoms with van der Waals surface area (Å²) in [6.45, 7) is 3.50. The number of carbonyl (C=O) groups is 2. The fourth-order valence-electron chi connectivity index (χ4n) is 1.44. The van der Waals surface area contributed by atoms with Crippen molar-refractivity contribution in [3.63, 3.8) is 0 Å². The summed E-state index contributed by atoms with van der Waals surface area (Å²) in [5.74, 6) is -0.119. The molecular formula is C13H18N2O2. The van der Waals surface area contributed by atoms with Gasteiger partial charge in [0.15, 0.2) is 0 Å². The molecule has 4 heteroatoms. The maximum atomic E-state index is 11.5. The third-order valence-electron chi connectivity index (χ3n) is 2.22. The Labute approximate surface area is 101 Å². The lowest BCUT2D eigenvalue weighted by Gasteiger charge is -2.07. The number of amides is 2. The molecule has 92 valence electrons. The van der Waals surface area contributed by atoms with Crippen LogP contribution in [0, 0.1) is 0 Å². The molecule has 0 fully saturated rings. The number of hydrogen-bond donors (Lipinski definition) is 2. The minimum absolute atomic E-state index is 0.00632. The van der Waals surface area contributed by atoms with E-state index in [2.05, 4.69) is 10.6 Å². The molecule has 0 aliphatic rings. The molecule has 2 N–H and O–H groups in total. The fraction of sp³-hybridized carbons (Fsp3) is 0.385. The molecule has 0 bridgehead atoms. The summed E-state index contributed by atoms with van der Waals surface area (Å²) in [6, 6.07) is 7.12. The summed E-state index contributed by atoms with van der Waals surface area (Å²) in [4.78, 5) is 22.4. The molecule has 17 heavy (non-hydrogen) atoms. The Morgan fingerprint density at radius 2 is 1.82 bits per heavy atom. The van der Waals surface area contributed by atoms with Gasteiger partial charge in [0.1, 0.15) is 0 Å².